The molecular weight excluding hydrogens is 296 g/mol. The number of hydrogen-bond donors (Lipinski definition) is 0. The number of Topliss-reactive ketones (excluding diaryl/α,β-unsaturated/α-hetero) is 1. The Morgan fingerprint density at radius 1 is 1.46 bits per heavy atom. The second kappa shape index (κ2) is 4.91. The maximum atomic E-state index is 11.0. The molecule has 0 aromatic heterocycles. The van der Waals surface area contributed by atoms with Gasteiger partial charge in [-0.2, -0.15) is 0 Å². The van der Waals surface area contributed by atoms with Gasteiger partial charge in [0.1, 0.15) is 5.78 Å². The van der Waals surface area contributed by atoms with Crippen LogP contribution in [-0.4, -0.2) is 10.6 Å². The molecule has 1 nitrogen and oxygen atoms in total. The minimum atomic E-state index is -0.0776. The smallest absolute Gasteiger partial charge is 0.143 e. The predicted molar refractivity (Wildman–Crippen MR) is 61.2 cm³/mol. The molecule has 1 aromatic carbocycles. The summed E-state index contributed by atoms with van der Waals surface area (Å²) >= 11 is 6.78. The summed E-state index contributed by atoms with van der Waals surface area (Å²) in [7, 11) is 0. The van der Waals surface area contributed by atoms with Crippen LogP contribution in [0.15, 0.2) is 28.7 Å². The van der Waals surface area contributed by atoms with Crippen molar-refractivity contribution in [1.29, 1.82) is 0 Å². The van der Waals surface area contributed by atoms with E-state index in [2.05, 4.69) is 31.9 Å². The van der Waals surface area contributed by atoms with Crippen LogP contribution in [0.3, 0.4) is 0 Å². The zero-order chi connectivity index (χ0) is 9.84. The van der Waals surface area contributed by atoms with Crippen LogP contribution in [0.5, 0.6) is 0 Å². The molecule has 0 N–H and O–H groups in total. The summed E-state index contributed by atoms with van der Waals surface area (Å²) < 4.78 is 1.06. The zero-order valence-corrected chi connectivity index (χ0v) is 10.4. The molecular formula is C10H10Br2O. The van der Waals surface area contributed by atoms with Crippen molar-refractivity contribution in [3.63, 3.8) is 0 Å². The van der Waals surface area contributed by atoms with Gasteiger partial charge in [0.25, 0.3) is 0 Å². The average Bonchev–Trinajstić information content (AvgIpc) is 2.08. The Kier molecular flexibility index (Phi) is 4.13. The third kappa shape index (κ3) is 3.24. The van der Waals surface area contributed by atoms with Crippen molar-refractivity contribution in [1.82, 2.24) is 0 Å². The Bertz CT molecular complexity index is 310. The van der Waals surface area contributed by atoms with Gasteiger partial charge in [0, 0.05) is 4.47 Å². The number of rotatable bonds is 3. The van der Waals surface area contributed by atoms with Gasteiger partial charge in [-0.1, -0.05) is 50.1 Å². The summed E-state index contributed by atoms with van der Waals surface area (Å²) in [5.74, 6) is 0.163. The minimum absolute atomic E-state index is 0.0776. The lowest BCUT2D eigenvalue weighted by atomic mass is 10.1. The number of halogens is 2. The first-order valence-corrected chi connectivity index (χ1v) is 5.70. The molecule has 0 aliphatic heterocycles. The standard InChI is InChI=1S/C10H10Br2O/c1-7(13)10(12)6-8-4-2-3-5-9(8)11/h2-5,10H,6H2,1H3. The quantitative estimate of drug-likeness (QED) is 0.783. The van der Waals surface area contributed by atoms with Gasteiger partial charge in [-0.3, -0.25) is 4.79 Å². The fraction of sp³-hybridized carbons (Fsp3) is 0.300. The maximum Gasteiger partial charge on any atom is 0.143 e. The van der Waals surface area contributed by atoms with E-state index in [1.807, 2.05) is 24.3 Å². The predicted octanol–water partition coefficient (Wildman–Crippen LogP) is 3.34. The molecule has 1 aromatic rings. The van der Waals surface area contributed by atoms with Crippen LogP contribution < -0.4 is 0 Å². The summed E-state index contributed by atoms with van der Waals surface area (Å²) in [6.07, 6.45) is 0.733. The summed E-state index contributed by atoms with van der Waals surface area (Å²) in [5, 5.41) is 0. The highest BCUT2D eigenvalue weighted by atomic mass is 79.9. The van der Waals surface area contributed by atoms with E-state index >= 15 is 0 Å². The van der Waals surface area contributed by atoms with E-state index in [4.69, 9.17) is 0 Å². The van der Waals surface area contributed by atoms with E-state index in [0.29, 0.717) is 0 Å². The first-order chi connectivity index (χ1) is 6.11. The maximum absolute atomic E-state index is 11.0. The molecule has 1 rings (SSSR count). The van der Waals surface area contributed by atoms with Crippen LogP contribution in [0.25, 0.3) is 0 Å². The third-order valence-electron chi connectivity index (χ3n) is 1.80. The fourth-order valence-electron chi connectivity index (χ4n) is 1.00. The molecule has 1 atom stereocenters. The fourth-order valence-corrected chi connectivity index (χ4v) is 1.80. The summed E-state index contributed by atoms with van der Waals surface area (Å²) in [6, 6.07) is 7.93. The Labute approximate surface area is 94.8 Å². The van der Waals surface area contributed by atoms with Crippen LogP contribution in [-0.2, 0) is 11.2 Å². The van der Waals surface area contributed by atoms with Gasteiger partial charge in [0.2, 0.25) is 0 Å². The van der Waals surface area contributed by atoms with Crippen molar-refractivity contribution in [3.8, 4) is 0 Å². The second-order valence-corrected chi connectivity index (χ2v) is 4.83. The summed E-state index contributed by atoms with van der Waals surface area (Å²) in [4.78, 5) is 10.9. The molecule has 13 heavy (non-hydrogen) atoms. The first kappa shape index (κ1) is 10.9. The molecule has 0 amide bonds. The number of carbonyl (C=O) groups is 1. The van der Waals surface area contributed by atoms with Crippen molar-refractivity contribution in [2.45, 2.75) is 18.2 Å². The lowest BCUT2D eigenvalue weighted by Crippen LogP contribution is -2.12. The molecule has 0 heterocycles. The van der Waals surface area contributed by atoms with Crippen LogP contribution in [0.4, 0.5) is 0 Å². The molecule has 70 valence electrons. The number of hydrogen-bond acceptors (Lipinski definition) is 1. The average molecular weight is 306 g/mol. The van der Waals surface area contributed by atoms with Gasteiger partial charge in [-0.15, -0.1) is 0 Å². The van der Waals surface area contributed by atoms with E-state index < -0.39 is 0 Å². The number of carbonyl (C=O) groups excluding carboxylic acids is 1. The molecule has 3 heteroatoms. The highest BCUT2D eigenvalue weighted by molar-refractivity contribution is 9.10. The minimum Gasteiger partial charge on any atom is -0.299 e. The largest absolute Gasteiger partial charge is 0.299 e. The van der Waals surface area contributed by atoms with Crippen molar-refractivity contribution in [3.05, 3.63) is 34.3 Å². The van der Waals surface area contributed by atoms with Crippen LogP contribution in [0, 0.1) is 0 Å². The van der Waals surface area contributed by atoms with E-state index in [-0.39, 0.29) is 10.6 Å². The lowest BCUT2D eigenvalue weighted by molar-refractivity contribution is -0.116. The Morgan fingerprint density at radius 3 is 2.62 bits per heavy atom. The normalized spacial score (nSPS) is 12.5. The molecule has 0 saturated heterocycles. The van der Waals surface area contributed by atoms with Gasteiger partial charge < -0.3 is 0 Å². The van der Waals surface area contributed by atoms with Gasteiger partial charge in [-0.05, 0) is 25.0 Å². The molecule has 0 spiro atoms. The summed E-state index contributed by atoms with van der Waals surface area (Å²) in [6.45, 7) is 1.59. The van der Waals surface area contributed by atoms with E-state index in [1.165, 1.54) is 0 Å². The monoisotopic (exact) mass is 304 g/mol. The van der Waals surface area contributed by atoms with Crippen LogP contribution in [0.1, 0.15) is 12.5 Å². The van der Waals surface area contributed by atoms with Gasteiger partial charge in [-0.25, -0.2) is 0 Å². The first-order valence-electron chi connectivity index (χ1n) is 3.99. The van der Waals surface area contributed by atoms with E-state index in [0.717, 1.165) is 16.5 Å². The highest BCUT2D eigenvalue weighted by Crippen LogP contribution is 2.20. The molecule has 0 saturated carbocycles. The lowest BCUT2D eigenvalue weighted by Gasteiger charge is -2.07. The Morgan fingerprint density at radius 2 is 2.08 bits per heavy atom. The van der Waals surface area contributed by atoms with Gasteiger partial charge in [0.15, 0.2) is 0 Å². The SMILES string of the molecule is CC(=O)C(Br)Cc1ccccc1Br. The third-order valence-corrected chi connectivity index (χ3v) is 3.54. The Balaban J connectivity index is 2.74. The highest BCUT2D eigenvalue weighted by Gasteiger charge is 2.11. The second-order valence-electron chi connectivity index (χ2n) is 2.87. The molecule has 0 aliphatic carbocycles. The van der Waals surface area contributed by atoms with Crippen molar-refractivity contribution in [2.24, 2.45) is 0 Å². The van der Waals surface area contributed by atoms with Crippen LogP contribution >= 0.6 is 31.9 Å². The van der Waals surface area contributed by atoms with Gasteiger partial charge in [0.05, 0.1) is 4.83 Å². The number of ketones is 1. The molecule has 0 radical (unpaired) electrons. The zero-order valence-electron chi connectivity index (χ0n) is 7.26. The topological polar surface area (TPSA) is 17.1 Å². The van der Waals surface area contributed by atoms with E-state index in [9.17, 15) is 4.79 Å². The molecule has 0 aliphatic rings. The van der Waals surface area contributed by atoms with Crippen LogP contribution in [0.2, 0.25) is 0 Å². The summed E-state index contributed by atoms with van der Waals surface area (Å²) in [5.41, 5.74) is 1.15. The number of alkyl halides is 1. The Hall–Kier alpha value is -0.150. The van der Waals surface area contributed by atoms with Crippen molar-refractivity contribution < 1.29 is 4.79 Å². The van der Waals surface area contributed by atoms with Gasteiger partial charge >= 0.3 is 0 Å². The molecule has 0 bridgehead atoms. The van der Waals surface area contributed by atoms with E-state index in [1.54, 1.807) is 6.92 Å². The van der Waals surface area contributed by atoms with Crippen molar-refractivity contribution >= 4 is 37.6 Å². The van der Waals surface area contributed by atoms with Crippen molar-refractivity contribution in [2.75, 3.05) is 0 Å². The molecule has 1 unspecified atom stereocenters. The number of benzene rings is 1. The molecule has 0 fully saturated rings.